The Bertz CT molecular complexity index is 944. The molecule has 0 fully saturated rings. The molecular weight excluding hydrogens is 344 g/mol. The Balaban J connectivity index is 2.26. The molecule has 0 spiro atoms. The molecule has 134 valence electrons. The van der Waals surface area contributed by atoms with Crippen LogP contribution in [-0.2, 0) is 16.4 Å². The number of nitrogens with one attached hydrogen (secondary N) is 1. The van der Waals surface area contributed by atoms with Crippen molar-refractivity contribution in [1.29, 1.82) is 0 Å². The number of sulfonamides is 1. The third-order valence-corrected chi connectivity index (χ3v) is 4.75. The standard InChI is InChI=1S/C17H20N2O5S/c1-4-5-13-6-8-14(9-7-13)25(22,23)19-18-12(3)16-15(20)10-11(2)24-17(16)21/h6-10,19-20H,4-5H2,1-3H3/b18-12+. The van der Waals surface area contributed by atoms with Gasteiger partial charge in [0.25, 0.3) is 10.0 Å². The van der Waals surface area contributed by atoms with E-state index < -0.39 is 15.6 Å². The van der Waals surface area contributed by atoms with Crippen molar-refractivity contribution < 1.29 is 17.9 Å². The van der Waals surface area contributed by atoms with Gasteiger partial charge in [0.05, 0.1) is 10.6 Å². The van der Waals surface area contributed by atoms with Crippen molar-refractivity contribution in [2.75, 3.05) is 0 Å². The summed E-state index contributed by atoms with van der Waals surface area (Å²) >= 11 is 0. The predicted octanol–water partition coefficient (Wildman–Crippen LogP) is 2.31. The molecule has 25 heavy (non-hydrogen) atoms. The van der Waals surface area contributed by atoms with Crippen LogP contribution in [0.25, 0.3) is 0 Å². The fourth-order valence-corrected chi connectivity index (χ4v) is 3.15. The molecule has 2 N–H and O–H groups in total. The molecule has 1 heterocycles. The van der Waals surface area contributed by atoms with E-state index in [1.54, 1.807) is 12.1 Å². The molecule has 0 unspecified atom stereocenters. The highest BCUT2D eigenvalue weighted by Gasteiger charge is 2.16. The summed E-state index contributed by atoms with van der Waals surface area (Å²) in [5, 5.41) is 13.6. The second kappa shape index (κ2) is 7.52. The van der Waals surface area contributed by atoms with Gasteiger partial charge in [-0.3, -0.25) is 0 Å². The Kier molecular flexibility index (Phi) is 5.63. The number of hydrazone groups is 1. The van der Waals surface area contributed by atoms with Crippen LogP contribution in [0.4, 0.5) is 0 Å². The van der Waals surface area contributed by atoms with Crippen LogP contribution in [0, 0.1) is 6.92 Å². The van der Waals surface area contributed by atoms with E-state index in [1.165, 1.54) is 32.0 Å². The SMILES string of the molecule is CCCc1ccc(S(=O)(=O)N/N=C(\C)c2c(O)cc(C)oc2=O)cc1. The summed E-state index contributed by atoms with van der Waals surface area (Å²) in [5.41, 5.74) is 0.0641. The summed E-state index contributed by atoms with van der Waals surface area (Å²) in [6.07, 6.45) is 1.84. The van der Waals surface area contributed by atoms with Gasteiger partial charge >= 0.3 is 5.63 Å². The van der Waals surface area contributed by atoms with E-state index in [1.807, 2.05) is 6.92 Å². The van der Waals surface area contributed by atoms with E-state index in [9.17, 15) is 18.3 Å². The smallest absolute Gasteiger partial charge is 0.348 e. The van der Waals surface area contributed by atoms with E-state index in [0.717, 1.165) is 18.4 Å². The molecule has 0 atom stereocenters. The largest absolute Gasteiger partial charge is 0.507 e. The normalized spacial score (nSPS) is 12.2. The van der Waals surface area contributed by atoms with E-state index in [2.05, 4.69) is 9.93 Å². The van der Waals surface area contributed by atoms with Gasteiger partial charge in [0.2, 0.25) is 0 Å². The Morgan fingerprint density at radius 3 is 2.48 bits per heavy atom. The van der Waals surface area contributed by atoms with Crippen molar-refractivity contribution in [1.82, 2.24) is 4.83 Å². The zero-order valence-corrected chi connectivity index (χ0v) is 15.1. The number of nitrogens with zero attached hydrogens (tertiary/aromatic N) is 1. The second-order valence-electron chi connectivity index (χ2n) is 5.59. The van der Waals surface area contributed by atoms with Gasteiger partial charge in [-0.25, -0.2) is 4.79 Å². The first-order valence-corrected chi connectivity index (χ1v) is 9.22. The highest BCUT2D eigenvalue weighted by Crippen LogP contribution is 2.16. The monoisotopic (exact) mass is 364 g/mol. The Hall–Kier alpha value is -2.61. The third-order valence-electron chi connectivity index (χ3n) is 3.52. The van der Waals surface area contributed by atoms with Crippen molar-refractivity contribution in [3.8, 4) is 5.75 Å². The molecule has 0 bridgehead atoms. The molecule has 0 aliphatic heterocycles. The first-order valence-electron chi connectivity index (χ1n) is 7.73. The van der Waals surface area contributed by atoms with Crippen LogP contribution in [0.1, 0.15) is 37.2 Å². The van der Waals surface area contributed by atoms with Crippen LogP contribution in [0.15, 0.2) is 49.5 Å². The molecule has 1 aromatic carbocycles. The topological polar surface area (TPSA) is 109 Å². The summed E-state index contributed by atoms with van der Waals surface area (Å²) in [7, 11) is -3.88. The number of hydrogen-bond donors (Lipinski definition) is 2. The zero-order chi connectivity index (χ0) is 18.6. The van der Waals surface area contributed by atoms with Gasteiger partial charge in [-0.1, -0.05) is 25.5 Å². The minimum atomic E-state index is -3.88. The molecule has 1 aromatic heterocycles. The van der Waals surface area contributed by atoms with Crippen LogP contribution < -0.4 is 10.5 Å². The van der Waals surface area contributed by atoms with Crippen LogP contribution >= 0.6 is 0 Å². The van der Waals surface area contributed by atoms with E-state index in [4.69, 9.17) is 4.42 Å². The highest BCUT2D eigenvalue weighted by atomic mass is 32.2. The van der Waals surface area contributed by atoms with Gasteiger partial charge < -0.3 is 9.52 Å². The molecule has 0 aliphatic carbocycles. The van der Waals surface area contributed by atoms with Crippen LogP contribution in [0.5, 0.6) is 5.75 Å². The number of benzene rings is 1. The highest BCUT2D eigenvalue weighted by molar-refractivity contribution is 7.89. The zero-order valence-electron chi connectivity index (χ0n) is 14.2. The fourth-order valence-electron chi connectivity index (χ4n) is 2.29. The van der Waals surface area contributed by atoms with E-state index in [-0.39, 0.29) is 27.7 Å². The summed E-state index contributed by atoms with van der Waals surface area (Å²) in [4.78, 5) is 13.9. The average molecular weight is 364 g/mol. The van der Waals surface area contributed by atoms with Gasteiger partial charge in [-0.2, -0.15) is 18.4 Å². The molecular formula is C17H20N2O5S. The lowest BCUT2D eigenvalue weighted by Crippen LogP contribution is -2.22. The summed E-state index contributed by atoms with van der Waals surface area (Å²) in [6.45, 7) is 4.96. The number of hydrogen-bond acceptors (Lipinski definition) is 6. The molecule has 0 saturated carbocycles. The summed E-state index contributed by atoms with van der Waals surface area (Å²) < 4.78 is 29.4. The van der Waals surface area contributed by atoms with Crippen molar-refractivity contribution in [3.05, 3.63) is 57.6 Å². The maximum Gasteiger partial charge on any atom is 0.348 e. The first kappa shape index (κ1) is 18.7. The molecule has 0 amide bonds. The van der Waals surface area contributed by atoms with Crippen LogP contribution in [-0.4, -0.2) is 19.2 Å². The Labute approximate surface area is 146 Å². The third kappa shape index (κ3) is 4.48. The van der Waals surface area contributed by atoms with Gasteiger partial charge in [0.1, 0.15) is 17.1 Å². The lowest BCUT2D eigenvalue weighted by Gasteiger charge is -2.07. The Morgan fingerprint density at radius 1 is 1.28 bits per heavy atom. The van der Waals surface area contributed by atoms with E-state index in [0.29, 0.717) is 0 Å². The number of aromatic hydroxyl groups is 1. The van der Waals surface area contributed by atoms with Crippen molar-refractivity contribution in [3.63, 3.8) is 0 Å². The molecule has 2 aromatic rings. The first-order chi connectivity index (χ1) is 11.7. The quantitative estimate of drug-likeness (QED) is 0.604. The molecule has 0 aliphatic rings. The number of rotatable bonds is 6. The van der Waals surface area contributed by atoms with Crippen LogP contribution in [0.3, 0.4) is 0 Å². The maximum absolute atomic E-state index is 12.3. The maximum atomic E-state index is 12.3. The molecule has 8 heteroatoms. The van der Waals surface area contributed by atoms with Crippen LogP contribution in [0.2, 0.25) is 0 Å². The van der Waals surface area contributed by atoms with Crippen molar-refractivity contribution in [2.45, 2.75) is 38.5 Å². The minimum absolute atomic E-state index is 0.00238. The average Bonchev–Trinajstić information content (AvgIpc) is 2.53. The molecule has 7 nitrogen and oxygen atoms in total. The predicted molar refractivity (Wildman–Crippen MR) is 94.3 cm³/mol. The molecule has 0 radical (unpaired) electrons. The van der Waals surface area contributed by atoms with Gasteiger partial charge in [0, 0.05) is 6.07 Å². The molecule has 2 rings (SSSR count). The second-order valence-corrected chi connectivity index (χ2v) is 7.25. The summed E-state index contributed by atoms with van der Waals surface area (Å²) in [6, 6.07) is 7.74. The van der Waals surface area contributed by atoms with Crippen molar-refractivity contribution >= 4 is 15.7 Å². The van der Waals surface area contributed by atoms with Gasteiger partial charge in [-0.05, 0) is 38.0 Å². The lowest BCUT2D eigenvalue weighted by atomic mass is 10.1. The molecule has 0 saturated heterocycles. The fraction of sp³-hybridized carbons (Fsp3) is 0.294. The lowest BCUT2D eigenvalue weighted by molar-refractivity contribution is 0.432. The van der Waals surface area contributed by atoms with Gasteiger partial charge in [0.15, 0.2) is 0 Å². The van der Waals surface area contributed by atoms with Crippen molar-refractivity contribution in [2.24, 2.45) is 5.10 Å². The minimum Gasteiger partial charge on any atom is -0.507 e. The van der Waals surface area contributed by atoms with Gasteiger partial charge in [-0.15, -0.1) is 0 Å². The number of aryl methyl sites for hydroxylation is 2. The Morgan fingerprint density at radius 2 is 1.92 bits per heavy atom. The summed E-state index contributed by atoms with van der Waals surface area (Å²) in [5.74, 6) is -0.0788. The van der Waals surface area contributed by atoms with E-state index >= 15 is 0 Å².